The SMILES string of the molecule is Cc1nn(C)c(NCc2ccc(Br)s2)c1C(N)=S. The van der Waals surface area contributed by atoms with Crippen LogP contribution in [0.15, 0.2) is 15.9 Å². The monoisotopic (exact) mass is 344 g/mol. The number of thiophene rings is 1. The lowest BCUT2D eigenvalue weighted by atomic mass is 10.2. The zero-order valence-corrected chi connectivity index (χ0v) is 13.2. The van der Waals surface area contributed by atoms with E-state index in [-0.39, 0.29) is 0 Å². The number of nitrogens with one attached hydrogen (secondary N) is 1. The second-order valence-electron chi connectivity index (χ2n) is 3.86. The molecule has 2 aromatic rings. The number of rotatable bonds is 4. The van der Waals surface area contributed by atoms with Crippen molar-refractivity contribution in [2.24, 2.45) is 12.8 Å². The van der Waals surface area contributed by atoms with Crippen LogP contribution < -0.4 is 11.1 Å². The second-order valence-corrected chi connectivity index (χ2v) is 6.84. The van der Waals surface area contributed by atoms with E-state index in [9.17, 15) is 0 Å². The highest BCUT2D eigenvalue weighted by Gasteiger charge is 2.15. The summed E-state index contributed by atoms with van der Waals surface area (Å²) in [6, 6.07) is 4.11. The van der Waals surface area contributed by atoms with E-state index in [1.54, 1.807) is 16.0 Å². The zero-order chi connectivity index (χ0) is 13.3. The van der Waals surface area contributed by atoms with Crippen molar-refractivity contribution in [1.82, 2.24) is 9.78 Å². The quantitative estimate of drug-likeness (QED) is 0.837. The van der Waals surface area contributed by atoms with Gasteiger partial charge in [0.1, 0.15) is 10.8 Å². The van der Waals surface area contributed by atoms with Crippen molar-refractivity contribution in [2.75, 3.05) is 5.32 Å². The van der Waals surface area contributed by atoms with Gasteiger partial charge in [-0.05, 0) is 35.0 Å². The molecule has 0 bridgehead atoms. The zero-order valence-electron chi connectivity index (χ0n) is 10.0. The third-order valence-electron chi connectivity index (χ3n) is 2.53. The van der Waals surface area contributed by atoms with Crippen molar-refractivity contribution in [2.45, 2.75) is 13.5 Å². The van der Waals surface area contributed by atoms with Gasteiger partial charge in [0.05, 0.1) is 21.6 Å². The van der Waals surface area contributed by atoms with E-state index in [1.165, 1.54) is 4.88 Å². The van der Waals surface area contributed by atoms with E-state index in [0.29, 0.717) is 4.99 Å². The third kappa shape index (κ3) is 2.73. The number of hydrogen-bond acceptors (Lipinski definition) is 4. The minimum atomic E-state index is 0.371. The number of aromatic nitrogens is 2. The Bertz CT molecular complexity index is 588. The normalized spacial score (nSPS) is 10.6. The highest BCUT2D eigenvalue weighted by atomic mass is 79.9. The maximum Gasteiger partial charge on any atom is 0.134 e. The van der Waals surface area contributed by atoms with Gasteiger partial charge in [-0.2, -0.15) is 5.10 Å². The Morgan fingerprint density at radius 3 is 2.89 bits per heavy atom. The number of thiocarbonyl (C=S) groups is 1. The Labute approximate surface area is 123 Å². The fourth-order valence-corrected chi connectivity index (χ4v) is 3.44. The van der Waals surface area contributed by atoms with E-state index < -0.39 is 0 Å². The van der Waals surface area contributed by atoms with Crippen LogP contribution in [0.4, 0.5) is 5.82 Å². The summed E-state index contributed by atoms with van der Waals surface area (Å²) in [5.74, 6) is 0.865. The highest BCUT2D eigenvalue weighted by molar-refractivity contribution is 9.11. The number of hydrogen-bond donors (Lipinski definition) is 2. The molecule has 0 unspecified atom stereocenters. The lowest BCUT2D eigenvalue weighted by Crippen LogP contribution is -2.14. The van der Waals surface area contributed by atoms with Crippen LogP contribution in [0, 0.1) is 6.92 Å². The molecule has 4 nitrogen and oxygen atoms in total. The smallest absolute Gasteiger partial charge is 0.134 e. The molecule has 2 heterocycles. The first-order chi connectivity index (χ1) is 8.49. The molecule has 2 aromatic heterocycles. The molecule has 0 aromatic carbocycles. The van der Waals surface area contributed by atoms with Gasteiger partial charge in [0.15, 0.2) is 0 Å². The first-order valence-corrected chi connectivity index (χ1v) is 7.32. The lowest BCUT2D eigenvalue weighted by molar-refractivity contribution is 0.758. The van der Waals surface area contributed by atoms with Gasteiger partial charge >= 0.3 is 0 Å². The lowest BCUT2D eigenvalue weighted by Gasteiger charge is -2.07. The number of anilines is 1. The molecule has 2 rings (SSSR count). The van der Waals surface area contributed by atoms with Crippen LogP contribution in [0.1, 0.15) is 16.1 Å². The molecule has 0 aliphatic carbocycles. The topological polar surface area (TPSA) is 55.9 Å². The number of aryl methyl sites for hydroxylation is 2. The largest absolute Gasteiger partial charge is 0.389 e. The van der Waals surface area contributed by atoms with Gasteiger partial charge in [-0.1, -0.05) is 12.2 Å². The van der Waals surface area contributed by atoms with Crippen LogP contribution in [-0.4, -0.2) is 14.8 Å². The van der Waals surface area contributed by atoms with Crippen LogP contribution >= 0.6 is 39.5 Å². The first-order valence-electron chi connectivity index (χ1n) is 5.30. The van der Waals surface area contributed by atoms with Gasteiger partial charge < -0.3 is 11.1 Å². The first kappa shape index (κ1) is 13.5. The van der Waals surface area contributed by atoms with Gasteiger partial charge in [-0.3, -0.25) is 4.68 Å². The molecule has 7 heteroatoms. The molecule has 0 aliphatic rings. The van der Waals surface area contributed by atoms with E-state index in [2.05, 4.69) is 32.4 Å². The van der Waals surface area contributed by atoms with Crippen LogP contribution in [0.25, 0.3) is 0 Å². The molecule has 0 radical (unpaired) electrons. The molecule has 0 amide bonds. The fraction of sp³-hybridized carbons (Fsp3) is 0.273. The Hall–Kier alpha value is -0.920. The summed E-state index contributed by atoms with van der Waals surface area (Å²) in [6.07, 6.45) is 0. The average molecular weight is 345 g/mol. The van der Waals surface area contributed by atoms with Gasteiger partial charge in [0, 0.05) is 11.9 Å². The molecule has 3 N–H and O–H groups in total. The van der Waals surface area contributed by atoms with E-state index in [4.69, 9.17) is 18.0 Å². The molecular formula is C11H13BrN4S2. The molecule has 96 valence electrons. The summed E-state index contributed by atoms with van der Waals surface area (Å²) < 4.78 is 2.89. The fourth-order valence-electron chi connectivity index (χ4n) is 1.77. The third-order valence-corrected chi connectivity index (χ3v) is 4.36. The number of nitrogens with zero attached hydrogens (tertiary/aromatic N) is 2. The van der Waals surface area contributed by atoms with Gasteiger partial charge in [0.25, 0.3) is 0 Å². The minimum Gasteiger partial charge on any atom is -0.389 e. The van der Waals surface area contributed by atoms with Crippen molar-refractivity contribution >= 4 is 50.3 Å². The Kier molecular flexibility index (Phi) is 4.04. The Morgan fingerprint density at radius 2 is 2.33 bits per heavy atom. The average Bonchev–Trinajstić information content (AvgIpc) is 2.79. The molecule has 0 saturated heterocycles. The molecule has 0 aliphatic heterocycles. The second kappa shape index (κ2) is 5.38. The van der Waals surface area contributed by atoms with E-state index in [0.717, 1.165) is 27.4 Å². The van der Waals surface area contributed by atoms with Crippen LogP contribution in [0.5, 0.6) is 0 Å². The summed E-state index contributed by atoms with van der Waals surface area (Å²) in [5, 5.41) is 7.67. The van der Waals surface area contributed by atoms with E-state index in [1.807, 2.05) is 20.0 Å². The van der Waals surface area contributed by atoms with Crippen LogP contribution in [0.3, 0.4) is 0 Å². The highest BCUT2D eigenvalue weighted by Crippen LogP contribution is 2.24. The summed E-state index contributed by atoms with van der Waals surface area (Å²) >= 11 is 10.2. The summed E-state index contributed by atoms with van der Waals surface area (Å²) in [7, 11) is 1.88. The van der Waals surface area contributed by atoms with Gasteiger partial charge in [0.2, 0.25) is 0 Å². The Morgan fingerprint density at radius 1 is 1.61 bits per heavy atom. The van der Waals surface area contributed by atoms with Crippen molar-refractivity contribution in [3.05, 3.63) is 32.1 Å². The molecular weight excluding hydrogens is 332 g/mol. The van der Waals surface area contributed by atoms with Gasteiger partial charge in [-0.25, -0.2) is 0 Å². The molecule has 18 heavy (non-hydrogen) atoms. The minimum absolute atomic E-state index is 0.371. The number of nitrogens with two attached hydrogens (primary N) is 1. The maximum absolute atomic E-state index is 5.74. The molecule has 0 fully saturated rings. The summed E-state index contributed by atoms with van der Waals surface area (Å²) in [6.45, 7) is 2.63. The van der Waals surface area contributed by atoms with Gasteiger partial charge in [-0.15, -0.1) is 11.3 Å². The van der Waals surface area contributed by atoms with Crippen molar-refractivity contribution in [3.63, 3.8) is 0 Å². The number of halogens is 1. The predicted molar refractivity (Wildman–Crippen MR) is 83.2 cm³/mol. The van der Waals surface area contributed by atoms with Crippen molar-refractivity contribution in [3.8, 4) is 0 Å². The predicted octanol–water partition coefficient (Wildman–Crippen LogP) is 2.80. The van der Waals surface area contributed by atoms with E-state index >= 15 is 0 Å². The maximum atomic E-state index is 5.74. The van der Waals surface area contributed by atoms with Crippen LogP contribution in [-0.2, 0) is 13.6 Å². The molecule has 0 atom stereocenters. The van der Waals surface area contributed by atoms with Crippen molar-refractivity contribution < 1.29 is 0 Å². The Balaban J connectivity index is 2.21. The standard InChI is InChI=1S/C11H13BrN4S2/c1-6-9(10(13)17)11(16(2)15-6)14-5-7-3-4-8(12)18-7/h3-4,14H,5H2,1-2H3,(H2,13,17). The summed E-state index contributed by atoms with van der Waals surface area (Å²) in [5.41, 5.74) is 7.40. The molecule has 0 saturated carbocycles. The molecule has 0 spiro atoms. The van der Waals surface area contributed by atoms with Crippen LogP contribution in [0.2, 0.25) is 0 Å². The van der Waals surface area contributed by atoms with Crippen molar-refractivity contribution in [1.29, 1.82) is 0 Å². The summed E-state index contributed by atoms with van der Waals surface area (Å²) in [4.78, 5) is 1.60.